The van der Waals surface area contributed by atoms with Gasteiger partial charge in [-0.25, -0.2) is 0 Å². The van der Waals surface area contributed by atoms with Gasteiger partial charge in [0, 0.05) is 7.05 Å². The van der Waals surface area contributed by atoms with E-state index in [0.717, 1.165) is 11.5 Å². The van der Waals surface area contributed by atoms with Crippen molar-refractivity contribution in [3.8, 4) is 11.5 Å². The van der Waals surface area contributed by atoms with Crippen molar-refractivity contribution < 1.29 is 18.7 Å². The van der Waals surface area contributed by atoms with Gasteiger partial charge in [0.05, 0.1) is 18.9 Å². The normalized spacial score (nSPS) is 11.8. The van der Waals surface area contributed by atoms with E-state index in [1.165, 1.54) is 0 Å². The zero-order chi connectivity index (χ0) is 15.9. The van der Waals surface area contributed by atoms with Gasteiger partial charge in [-0.3, -0.25) is 4.79 Å². The van der Waals surface area contributed by atoms with E-state index in [-0.39, 0.29) is 18.6 Å². The molecule has 118 valence electrons. The van der Waals surface area contributed by atoms with Crippen molar-refractivity contribution in [1.29, 1.82) is 0 Å². The SMILES string of the molecule is CCOc1ccc(OCC(=O)N(C)C(C)c2ccco2)cc1. The topological polar surface area (TPSA) is 51.9 Å². The highest BCUT2D eigenvalue weighted by Gasteiger charge is 2.19. The van der Waals surface area contributed by atoms with Crippen LogP contribution < -0.4 is 9.47 Å². The second kappa shape index (κ2) is 7.54. The van der Waals surface area contributed by atoms with E-state index in [9.17, 15) is 4.79 Å². The van der Waals surface area contributed by atoms with Crippen molar-refractivity contribution in [2.45, 2.75) is 19.9 Å². The van der Waals surface area contributed by atoms with Crippen LogP contribution >= 0.6 is 0 Å². The number of amides is 1. The predicted molar refractivity (Wildman–Crippen MR) is 83.0 cm³/mol. The standard InChI is InChI=1S/C17H21NO4/c1-4-20-14-7-9-15(10-8-14)22-12-17(19)18(3)13(2)16-6-5-11-21-16/h5-11,13H,4,12H2,1-3H3. The summed E-state index contributed by atoms with van der Waals surface area (Å²) in [6, 6.07) is 10.7. The summed E-state index contributed by atoms with van der Waals surface area (Å²) < 4.78 is 16.2. The van der Waals surface area contributed by atoms with Crippen LogP contribution in [0.3, 0.4) is 0 Å². The lowest BCUT2D eigenvalue weighted by molar-refractivity contribution is -0.134. The molecule has 0 aliphatic carbocycles. The maximum absolute atomic E-state index is 12.2. The first-order chi connectivity index (χ1) is 10.6. The Bertz CT molecular complexity index is 577. The van der Waals surface area contributed by atoms with Crippen LogP contribution in [0.2, 0.25) is 0 Å². The number of carbonyl (C=O) groups is 1. The van der Waals surface area contributed by atoms with Crippen LogP contribution in [0.1, 0.15) is 25.6 Å². The predicted octanol–water partition coefficient (Wildman–Crippen LogP) is 3.28. The summed E-state index contributed by atoms with van der Waals surface area (Å²) in [5.74, 6) is 2.05. The number of furan rings is 1. The summed E-state index contributed by atoms with van der Waals surface area (Å²) in [7, 11) is 1.73. The Balaban J connectivity index is 1.86. The van der Waals surface area contributed by atoms with Crippen LogP contribution in [-0.4, -0.2) is 31.1 Å². The zero-order valence-electron chi connectivity index (χ0n) is 13.1. The Labute approximate surface area is 130 Å². The number of hydrogen-bond donors (Lipinski definition) is 0. The monoisotopic (exact) mass is 303 g/mol. The van der Waals surface area contributed by atoms with Crippen LogP contribution in [0.4, 0.5) is 0 Å². The molecule has 0 radical (unpaired) electrons. The van der Waals surface area contributed by atoms with Crippen LogP contribution in [0.25, 0.3) is 0 Å². The van der Waals surface area contributed by atoms with Gasteiger partial charge in [-0.05, 0) is 50.2 Å². The molecular formula is C17H21NO4. The average molecular weight is 303 g/mol. The molecule has 0 aliphatic rings. The number of rotatable bonds is 7. The van der Waals surface area contributed by atoms with Gasteiger partial charge in [-0.15, -0.1) is 0 Å². The first kappa shape index (κ1) is 15.9. The fourth-order valence-electron chi connectivity index (χ4n) is 1.98. The lowest BCUT2D eigenvalue weighted by Crippen LogP contribution is -2.33. The molecule has 1 unspecified atom stereocenters. The van der Waals surface area contributed by atoms with Crippen LogP contribution in [-0.2, 0) is 4.79 Å². The van der Waals surface area contributed by atoms with Crippen molar-refractivity contribution in [2.75, 3.05) is 20.3 Å². The van der Waals surface area contributed by atoms with E-state index in [4.69, 9.17) is 13.9 Å². The molecule has 1 aromatic heterocycles. The molecule has 0 saturated carbocycles. The third kappa shape index (κ3) is 4.04. The van der Waals surface area contributed by atoms with Gasteiger partial charge < -0.3 is 18.8 Å². The maximum Gasteiger partial charge on any atom is 0.260 e. The smallest absolute Gasteiger partial charge is 0.260 e. The molecule has 0 saturated heterocycles. The van der Waals surface area contributed by atoms with Crippen molar-refractivity contribution in [1.82, 2.24) is 4.90 Å². The van der Waals surface area contributed by atoms with Gasteiger partial charge >= 0.3 is 0 Å². The van der Waals surface area contributed by atoms with Gasteiger partial charge in [0.2, 0.25) is 0 Å². The van der Waals surface area contributed by atoms with Crippen molar-refractivity contribution >= 4 is 5.91 Å². The van der Waals surface area contributed by atoms with Gasteiger partial charge in [-0.2, -0.15) is 0 Å². The number of nitrogens with zero attached hydrogens (tertiary/aromatic N) is 1. The second-order valence-corrected chi connectivity index (χ2v) is 4.89. The van der Waals surface area contributed by atoms with Gasteiger partial charge in [0.15, 0.2) is 6.61 Å². The Hall–Kier alpha value is -2.43. The molecule has 1 aromatic carbocycles. The first-order valence-corrected chi connectivity index (χ1v) is 7.26. The summed E-state index contributed by atoms with van der Waals surface area (Å²) in [6.45, 7) is 4.44. The van der Waals surface area contributed by atoms with Gasteiger partial charge in [-0.1, -0.05) is 0 Å². The van der Waals surface area contributed by atoms with Gasteiger partial charge in [0.1, 0.15) is 17.3 Å². The molecule has 1 amide bonds. The van der Waals surface area contributed by atoms with E-state index < -0.39 is 0 Å². The van der Waals surface area contributed by atoms with Crippen molar-refractivity contribution in [3.05, 3.63) is 48.4 Å². The number of likely N-dealkylation sites (N-methyl/N-ethyl adjacent to an activating group) is 1. The Kier molecular flexibility index (Phi) is 5.47. The molecular weight excluding hydrogens is 282 g/mol. The summed E-state index contributed by atoms with van der Waals surface area (Å²) in [4.78, 5) is 13.8. The maximum atomic E-state index is 12.2. The third-order valence-electron chi connectivity index (χ3n) is 3.43. The number of carbonyl (C=O) groups excluding carboxylic acids is 1. The van der Waals surface area contributed by atoms with Gasteiger partial charge in [0.25, 0.3) is 5.91 Å². The minimum atomic E-state index is -0.133. The average Bonchev–Trinajstić information content (AvgIpc) is 3.07. The third-order valence-corrected chi connectivity index (χ3v) is 3.43. The molecule has 1 heterocycles. The Morgan fingerprint density at radius 3 is 2.36 bits per heavy atom. The number of ether oxygens (including phenoxy) is 2. The minimum absolute atomic E-state index is 0.0183. The molecule has 0 spiro atoms. The minimum Gasteiger partial charge on any atom is -0.494 e. The highest BCUT2D eigenvalue weighted by atomic mass is 16.5. The lowest BCUT2D eigenvalue weighted by Gasteiger charge is -2.23. The van der Waals surface area contributed by atoms with Crippen LogP contribution in [0.5, 0.6) is 11.5 Å². The summed E-state index contributed by atoms with van der Waals surface area (Å²) in [6.07, 6.45) is 1.60. The molecule has 2 rings (SSSR count). The highest BCUT2D eigenvalue weighted by molar-refractivity contribution is 5.77. The lowest BCUT2D eigenvalue weighted by atomic mass is 10.2. The van der Waals surface area contributed by atoms with E-state index in [1.807, 2.05) is 32.0 Å². The Morgan fingerprint density at radius 2 is 1.82 bits per heavy atom. The summed E-state index contributed by atoms with van der Waals surface area (Å²) in [5.41, 5.74) is 0. The van der Waals surface area contributed by atoms with E-state index in [0.29, 0.717) is 12.4 Å². The Morgan fingerprint density at radius 1 is 1.18 bits per heavy atom. The van der Waals surface area contributed by atoms with Crippen LogP contribution in [0, 0.1) is 0 Å². The molecule has 1 atom stereocenters. The van der Waals surface area contributed by atoms with E-state index in [1.54, 1.807) is 36.4 Å². The zero-order valence-corrected chi connectivity index (χ0v) is 13.1. The van der Waals surface area contributed by atoms with Crippen LogP contribution in [0.15, 0.2) is 47.1 Å². The molecule has 5 nitrogen and oxygen atoms in total. The summed E-state index contributed by atoms with van der Waals surface area (Å²) >= 11 is 0. The fourth-order valence-corrected chi connectivity index (χ4v) is 1.98. The van der Waals surface area contributed by atoms with E-state index >= 15 is 0 Å². The molecule has 22 heavy (non-hydrogen) atoms. The first-order valence-electron chi connectivity index (χ1n) is 7.26. The second-order valence-electron chi connectivity index (χ2n) is 4.89. The van der Waals surface area contributed by atoms with Crippen molar-refractivity contribution in [3.63, 3.8) is 0 Å². The molecule has 2 aromatic rings. The molecule has 5 heteroatoms. The van der Waals surface area contributed by atoms with Crippen molar-refractivity contribution in [2.24, 2.45) is 0 Å². The largest absolute Gasteiger partial charge is 0.494 e. The fraction of sp³-hybridized carbons (Fsp3) is 0.353. The molecule has 0 aliphatic heterocycles. The molecule has 0 bridgehead atoms. The molecule has 0 N–H and O–H groups in total. The number of benzene rings is 1. The van der Waals surface area contributed by atoms with E-state index in [2.05, 4.69) is 0 Å². The quantitative estimate of drug-likeness (QED) is 0.787. The summed E-state index contributed by atoms with van der Waals surface area (Å²) in [5, 5.41) is 0. The molecule has 0 fully saturated rings. The number of hydrogen-bond acceptors (Lipinski definition) is 4. The highest BCUT2D eigenvalue weighted by Crippen LogP contribution is 2.20.